The van der Waals surface area contributed by atoms with Gasteiger partial charge in [0.05, 0.1) is 24.5 Å². The molecule has 0 radical (unpaired) electrons. The monoisotopic (exact) mass is 360 g/mol. The molecule has 1 aliphatic carbocycles. The Morgan fingerprint density at radius 2 is 1.59 bits per heavy atom. The number of aldehydes is 1. The van der Waals surface area contributed by atoms with Crippen molar-refractivity contribution in [3.63, 3.8) is 0 Å². The zero-order valence-electron chi connectivity index (χ0n) is 15.3. The largest absolute Gasteiger partial charge is 0.468 e. The molecule has 5 nitrogen and oxygen atoms in total. The summed E-state index contributed by atoms with van der Waals surface area (Å²) in [5.74, 6) is -0.152. The summed E-state index contributed by atoms with van der Waals surface area (Å²) in [6.07, 6.45) is 4.15. The summed E-state index contributed by atoms with van der Waals surface area (Å²) in [5, 5.41) is 0. The number of ether oxygens (including phenoxy) is 1. The first kappa shape index (κ1) is 17.2. The molecule has 1 saturated carbocycles. The van der Waals surface area contributed by atoms with Crippen LogP contribution in [0.1, 0.15) is 28.9 Å². The van der Waals surface area contributed by atoms with E-state index in [-0.39, 0.29) is 5.97 Å². The Kier molecular flexibility index (Phi) is 4.15. The van der Waals surface area contributed by atoms with Crippen molar-refractivity contribution in [3.8, 4) is 22.4 Å². The Balaban J connectivity index is 1.59. The predicted octanol–water partition coefficient (Wildman–Crippen LogP) is 3.77. The molecule has 2 aromatic carbocycles. The summed E-state index contributed by atoms with van der Waals surface area (Å²) in [5.41, 5.74) is 4.85. The molecule has 0 saturated heterocycles. The van der Waals surface area contributed by atoms with Crippen molar-refractivity contribution in [1.82, 2.24) is 9.55 Å². The minimum atomic E-state index is -0.443. The lowest BCUT2D eigenvalue weighted by Gasteiger charge is -2.13. The van der Waals surface area contributed by atoms with Gasteiger partial charge in [0.15, 0.2) is 6.29 Å². The summed E-state index contributed by atoms with van der Waals surface area (Å²) >= 11 is 0. The third-order valence-corrected chi connectivity index (χ3v) is 5.35. The molecule has 0 unspecified atom stereocenters. The Morgan fingerprint density at radius 1 is 1.04 bits per heavy atom. The third-order valence-electron chi connectivity index (χ3n) is 5.35. The van der Waals surface area contributed by atoms with E-state index in [4.69, 9.17) is 4.74 Å². The number of carbonyl (C=O) groups is 2. The molecule has 0 atom stereocenters. The van der Waals surface area contributed by atoms with Gasteiger partial charge in [-0.1, -0.05) is 48.5 Å². The molecular weight excluding hydrogens is 340 g/mol. The van der Waals surface area contributed by atoms with Crippen molar-refractivity contribution in [2.24, 2.45) is 7.05 Å². The van der Waals surface area contributed by atoms with Crippen LogP contribution in [-0.4, -0.2) is 28.9 Å². The third kappa shape index (κ3) is 2.85. The molecule has 136 valence electrons. The van der Waals surface area contributed by atoms with Crippen LogP contribution in [0.5, 0.6) is 0 Å². The molecule has 1 fully saturated rings. The Morgan fingerprint density at radius 3 is 2.11 bits per heavy atom. The van der Waals surface area contributed by atoms with E-state index in [2.05, 4.69) is 4.98 Å². The topological polar surface area (TPSA) is 61.2 Å². The van der Waals surface area contributed by atoms with Crippen LogP contribution in [0.3, 0.4) is 0 Å². The number of hydrogen-bond donors (Lipinski definition) is 0. The van der Waals surface area contributed by atoms with E-state index in [9.17, 15) is 9.59 Å². The normalized spacial score (nSPS) is 14.6. The van der Waals surface area contributed by atoms with Crippen LogP contribution >= 0.6 is 0 Å². The van der Waals surface area contributed by atoms with E-state index >= 15 is 0 Å². The highest BCUT2D eigenvalue weighted by atomic mass is 16.5. The lowest BCUT2D eigenvalue weighted by atomic mass is 9.93. The van der Waals surface area contributed by atoms with E-state index in [1.807, 2.05) is 48.5 Å². The van der Waals surface area contributed by atoms with E-state index in [1.54, 1.807) is 17.9 Å². The van der Waals surface area contributed by atoms with Gasteiger partial charge in [0.25, 0.3) is 0 Å². The first-order valence-electron chi connectivity index (χ1n) is 8.85. The molecule has 4 rings (SSSR count). The molecule has 1 heterocycles. The second-order valence-corrected chi connectivity index (χ2v) is 6.94. The maximum atomic E-state index is 12.0. The number of nitrogens with zero attached hydrogens (tertiary/aromatic N) is 2. The van der Waals surface area contributed by atoms with E-state index < -0.39 is 5.41 Å². The van der Waals surface area contributed by atoms with Crippen LogP contribution in [0.25, 0.3) is 22.4 Å². The van der Waals surface area contributed by atoms with Crippen LogP contribution in [0.2, 0.25) is 0 Å². The van der Waals surface area contributed by atoms with Gasteiger partial charge in [-0.15, -0.1) is 0 Å². The molecule has 27 heavy (non-hydrogen) atoms. The number of esters is 1. The van der Waals surface area contributed by atoms with Crippen LogP contribution < -0.4 is 0 Å². The number of carbonyl (C=O) groups excluding carboxylic acids is 2. The van der Waals surface area contributed by atoms with Gasteiger partial charge in [0.2, 0.25) is 0 Å². The number of rotatable bonds is 5. The first-order valence-corrected chi connectivity index (χ1v) is 8.85. The number of methoxy groups -OCH3 is 1. The van der Waals surface area contributed by atoms with E-state index in [0.29, 0.717) is 11.4 Å². The molecule has 0 bridgehead atoms. The van der Waals surface area contributed by atoms with Crippen LogP contribution in [-0.2, 0) is 22.0 Å². The maximum Gasteiger partial charge on any atom is 0.316 e. The van der Waals surface area contributed by atoms with E-state index in [0.717, 1.165) is 41.4 Å². The van der Waals surface area contributed by atoms with Crippen LogP contribution in [0, 0.1) is 0 Å². The van der Waals surface area contributed by atoms with Crippen molar-refractivity contribution in [3.05, 3.63) is 66.1 Å². The molecule has 3 aromatic rings. The van der Waals surface area contributed by atoms with Gasteiger partial charge in [-0.25, -0.2) is 4.98 Å². The SMILES string of the molecule is COC(=O)C1(c2ccc(-c3ccc(-c4ncn(C)c4C=O)cc3)cc2)CC1. The summed E-state index contributed by atoms with van der Waals surface area (Å²) in [7, 11) is 3.24. The highest BCUT2D eigenvalue weighted by molar-refractivity contribution is 5.87. The lowest BCUT2D eigenvalue weighted by molar-refractivity contribution is -0.143. The Hall–Kier alpha value is -3.21. The van der Waals surface area contributed by atoms with Crippen molar-refractivity contribution >= 4 is 12.3 Å². The van der Waals surface area contributed by atoms with Gasteiger partial charge in [-0.3, -0.25) is 9.59 Å². The van der Waals surface area contributed by atoms with Gasteiger partial charge in [-0.2, -0.15) is 0 Å². The minimum absolute atomic E-state index is 0.152. The molecule has 5 heteroatoms. The predicted molar refractivity (Wildman–Crippen MR) is 102 cm³/mol. The van der Waals surface area contributed by atoms with Gasteiger partial charge >= 0.3 is 5.97 Å². The van der Waals surface area contributed by atoms with Crippen molar-refractivity contribution in [1.29, 1.82) is 0 Å². The molecular formula is C22H20N2O3. The lowest BCUT2D eigenvalue weighted by Crippen LogP contribution is -2.21. The van der Waals surface area contributed by atoms with Crippen molar-refractivity contribution in [2.75, 3.05) is 7.11 Å². The molecule has 1 aromatic heterocycles. The number of imidazole rings is 1. The summed E-state index contributed by atoms with van der Waals surface area (Å²) in [4.78, 5) is 27.6. The van der Waals surface area contributed by atoms with Gasteiger partial charge in [0, 0.05) is 12.6 Å². The average molecular weight is 360 g/mol. The molecule has 1 aliphatic rings. The van der Waals surface area contributed by atoms with Crippen LogP contribution in [0.4, 0.5) is 0 Å². The molecule has 0 amide bonds. The fraction of sp³-hybridized carbons (Fsp3) is 0.227. The summed E-state index contributed by atoms with van der Waals surface area (Å²) < 4.78 is 6.66. The minimum Gasteiger partial charge on any atom is -0.468 e. The molecule has 0 aliphatic heterocycles. The summed E-state index contributed by atoms with van der Waals surface area (Å²) in [6.45, 7) is 0. The van der Waals surface area contributed by atoms with Crippen molar-refractivity contribution < 1.29 is 14.3 Å². The number of aryl methyl sites for hydroxylation is 1. The fourth-order valence-electron chi connectivity index (χ4n) is 3.53. The quantitative estimate of drug-likeness (QED) is 0.513. The number of hydrogen-bond acceptors (Lipinski definition) is 4. The number of aromatic nitrogens is 2. The Bertz CT molecular complexity index is 997. The van der Waals surface area contributed by atoms with Gasteiger partial charge in [-0.05, 0) is 29.5 Å². The number of benzene rings is 2. The smallest absolute Gasteiger partial charge is 0.316 e. The van der Waals surface area contributed by atoms with Crippen LogP contribution in [0.15, 0.2) is 54.9 Å². The fourth-order valence-corrected chi connectivity index (χ4v) is 3.53. The second-order valence-electron chi connectivity index (χ2n) is 6.94. The van der Waals surface area contributed by atoms with Gasteiger partial charge in [0.1, 0.15) is 5.69 Å². The average Bonchev–Trinajstić information content (AvgIpc) is 3.44. The standard InChI is InChI=1S/C22H20N2O3/c1-24-14-23-20(19(24)13-25)17-5-3-15(4-6-17)16-7-9-18(10-8-16)22(11-12-22)21(26)27-2/h3-10,13-14H,11-12H2,1-2H3. The highest BCUT2D eigenvalue weighted by Crippen LogP contribution is 2.49. The van der Waals surface area contributed by atoms with Gasteiger partial charge < -0.3 is 9.30 Å². The zero-order valence-corrected chi connectivity index (χ0v) is 15.3. The van der Waals surface area contributed by atoms with E-state index in [1.165, 1.54) is 7.11 Å². The first-order chi connectivity index (χ1) is 13.1. The highest BCUT2D eigenvalue weighted by Gasteiger charge is 2.52. The maximum absolute atomic E-state index is 12.0. The zero-order chi connectivity index (χ0) is 19.0. The second kappa shape index (κ2) is 6.50. The van der Waals surface area contributed by atoms with Crippen molar-refractivity contribution in [2.45, 2.75) is 18.3 Å². The summed E-state index contributed by atoms with van der Waals surface area (Å²) in [6, 6.07) is 16.1. The molecule has 0 spiro atoms. The Labute approximate surface area is 157 Å². The molecule has 0 N–H and O–H groups in total.